The molecular formula is C17H21NaO4S. The van der Waals surface area contributed by atoms with Crippen LogP contribution in [0, 0.1) is 0 Å². The van der Waals surface area contributed by atoms with E-state index in [4.69, 9.17) is 4.74 Å². The van der Waals surface area contributed by atoms with Gasteiger partial charge >= 0.3 is 29.6 Å². The third-order valence-corrected chi connectivity index (χ3v) is 4.64. The predicted octanol–water partition coefficient (Wildman–Crippen LogP) is 0.784. The number of aryl methyl sites for hydroxylation is 1. The van der Waals surface area contributed by atoms with Gasteiger partial charge in [0.2, 0.25) is 0 Å². The molecule has 0 bridgehead atoms. The van der Waals surface area contributed by atoms with Gasteiger partial charge in [-0.05, 0) is 42.5 Å². The molecule has 0 N–H and O–H groups in total. The Hall–Kier alpha value is -0.590. The van der Waals surface area contributed by atoms with Crippen LogP contribution in [0.25, 0.3) is 11.1 Å². The van der Waals surface area contributed by atoms with Gasteiger partial charge in [-0.1, -0.05) is 32.9 Å². The summed E-state index contributed by atoms with van der Waals surface area (Å²) < 4.78 is 40.5. The van der Waals surface area contributed by atoms with Crippen molar-refractivity contribution in [2.45, 2.75) is 44.9 Å². The molecule has 2 aliphatic rings. The monoisotopic (exact) mass is 344 g/mol. The number of hydrogen-bond donors (Lipinski definition) is 0. The van der Waals surface area contributed by atoms with Crippen LogP contribution in [-0.4, -0.2) is 19.6 Å². The summed E-state index contributed by atoms with van der Waals surface area (Å²) in [6, 6.07) is 7.00. The number of hydrogen-bond acceptors (Lipinski definition) is 4. The normalized spacial score (nSPS) is 11.6. The Morgan fingerprint density at radius 3 is 2.30 bits per heavy atom. The average Bonchev–Trinajstić information content (AvgIpc) is 2.70. The van der Waals surface area contributed by atoms with Crippen LogP contribution in [0.2, 0.25) is 0 Å². The number of rotatable bonds is 5. The third-order valence-electron chi connectivity index (χ3n) is 3.76. The summed E-state index contributed by atoms with van der Waals surface area (Å²) in [5.41, 5.74) is 3.03. The molecule has 0 atom stereocenters. The molecule has 0 amide bonds. The standard InChI is InChI=1S/C17H22O4S.Na/c1-5-12-10-16(22(18,19)20)14-8-7-13(11(3)4)9-15(17(12)14)21-6-2;/h7-11H,5-6H2,1-4H3,(H,18,19,20);/q;+1/p-1. The Labute approximate surface area is 160 Å². The van der Waals surface area contributed by atoms with Gasteiger partial charge in [-0.2, -0.15) is 0 Å². The van der Waals surface area contributed by atoms with Crippen LogP contribution in [0.3, 0.4) is 0 Å². The molecule has 0 saturated heterocycles. The van der Waals surface area contributed by atoms with Gasteiger partial charge in [0.15, 0.2) is 0 Å². The van der Waals surface area contributed by atoms with Crippen LogP contribution in [0.5, 0.6) is 5.75 Å². The minimum absolute atomic E-state index is 0. The maximum absolute atomic E-state index is 11.6. The molecule has 0 radical (unpaired) electrons. The number of ether oxygens (including phenoxy) is 1. The first-order chi connectivity index (χ1) is 10.3. The van der Waals surface area contributed by atoms with Gasteiger partial charge in [0.05, 0.1) is 11.5 Å². The van der Waals surface area contributed by atoms with Gasteiger partial charge in [0.25, 0.3) is 0 Å². The van der Waals surface area contributed by atoms with Crippen molar-refractivity contribution in [3.63, 3.8) is 0 Å². The van der Waals surface area contributed by atoms with E-state index in [2.05, 4.69) is 13.8 Å². The molecule has 120 valence electrons. The maximum Gasteiger partial charge on any atom is 1.00 e. The maximum atomic E-state index is 11.6. The van der Waals surface area contributed by atoms with Crippen molar-refractivity contribution >= 4 is 10.1 Å². The summed E-state index contributed by atoms with van der Waals surface area (Å²) in [5, 5.41) is 0. The molecule has 4 nitrogen and oxygen atoms in total. The molecule has 0 unspecified atom stereocenters. The molecule has 0 spiro atoms. The molecule has 0 aromatic rings. The zero-order valence-electron chi connectivity index (χ0n) is 14.3. The van der Waals surface area contributed by atoms with E-state index in [0.717, 1.165) is 16.7 Å². The second kappa shape index (κ2) is 7.99. The van der Waals surface area contributed by atoms with Gasteiger partial charge < -0.3 is 9.29 Å². The van der Waals surface area contributed by atoms with Gasteiger partial charge in [-0.25, -0.2) is 8.42 Å². The summed E-state index contributed by atoms with van der Waals surface area (Å²) in [6.07, 6.45) is 0.632. The fraction of sp³-hybridized carbons (Fsp3) is 0.412. The summed E-state index contributed by atoms with van der Waals surface area (Å²) in [7, 11) is -4.52. The molecule has 0 heterocycles. The second-order valence-corrected chi connectivity index (χ2v) is 6.91. The second-order valence-electron chi connectivity index (χ2n) is 5.56. The largest absolute Gasteiger partial charge is 1.00 e. The molecule has 0 aliphatic heterocycles. The summed E-state index contributed by atoms with van der Waals surface area (Å²) in [5.74, 6) is 0.908. The van der Waals surface area contributed by atoms with E-state index in [-0.39, 0.29) is 40.4 Å². The molecule has 6 heteroatoms. The van der Waals surface area contributed by atoms with Crippen LogP contribution in [0.1, 0.15) is 44.7 Å². The Kier molecular flexibility index (Phi) is 7.11. The van der Waals surface area contributed by atoms with Crippen molar-refractivity contribution in [3.05, 3.63) is 35.4 Å². The van der Waals surface area contributed by atoms with E-state index in [9.17, 15) is 13.0 Å². The molecule has 2 aliphatic carbocycles. The van der Waals surface area contributed by atoms with E-state index >= 15 is 0 Å². The average molecular weight is 344 g/mol. The zero-order chi connectivity index (χ0) is 16.5. The van der Waals surface area contributed by atoms with Crippen LogP contribution in [0.4, 0.5) is 0 Å². The molecule has 2 rings (SSSR count). The van der Waals surface area contributed by atoms with Crippen LogP contribution in [0.15, 0.2) is 29.2 Å². The molecule has 0 saturated carbocycles. The smallest absolute Gasteiger partial charge is 0.744 e. The molecular weight excluding hydrogens is 323 g/mol. The van der Waals surface area contributed by atoms with E-state index in [0.29, 0.717) is 24.3 Å². The van der Waals surface area contributed by atoms with Crippen molar-refractivity contribution in [2.75, 3.05) is 6.61 Å². The first-order valence-electron chi connectivity index (χ1n) is 7.47. The summed E-state index contributed by atoms with van der Waals surface area (Å²) in [6.45, 7) is 8.41. The van der Waals surface area contributed by atoms with E-state index in [1.807, 2.05) is 26.0 Å². The van der Waals surface area contributed by atoms with E-state index < -0.39 is 10.1 Å². The van der Waals surface area contributed by atoms with Crippen molar-refractivity contribution in [3.8, 4) is 16.9 Å². The van der Waals surface area contributed by atoms with Crippen molar-refractivity contribution < 1.29 is 47.3 Å². The van der Waals surface area contributed by atoms with Gasteiger partial charge in [-0.15, -0.1) is 0 Å². The molecule has 0 aromatic heterocycles. The van der Waals surface area contributed by atoms with Crippen LogP contribution >= 0.6 is 0 Å². The minimum Gasteiger partial charge on any atom is -0.744 e. The Morgan fingerprint density at radius 1 is 1.17 bits per heavy atom. The first-order valence-corrected chi connectivity index (χ1v) is 8.88. The topological polar surface area (TPSA) is 66.4 Å². The van der Waals surface area contributed by atoms with Crippen molar-refractivity contribution in [1.29, 1.82) is 0 Å². The SMILES string of the molecule is CCOc1cc(C(C)C)ccc2c(S(=O)(=O)[O-])cc(CC)c1-2.[Na+]. The molecule has 0 aromatic carbocycles. The fourth-order valence-electron chi connectivity index (χ4n) is 2.63. The van der Waals surface area contributed by atoms with Gasteiger partial charge in [0.1, 0.15) is 15.9 Å². The van der Waals surface area contributed by atoms with E-state index in [1.54, 1.807) is 6.07 Å². The Morgan fingerprint density at radius 2 is 1.83 bits per heavy atom. The predicted molar refractivity (Wildman–Crippen MR) is 85.7 cm³/mol. The third kappa shape index (κ3) is 4.28. The van der Waals surface area contributed by atoms with Crippen LogP contribution < -0.4 is 34.3 Å². The zero-order valence-corrected chi connectivity index (χ0v) is 17.2. The quantitative estimate of drug-likeness (QED) is 0.594. The molecule has 0 fully saturated rings. The number of fused-ring (bicyclic) bond motifs is 1. The van der Waals surface area contributed by atoms with Gasteiger partial charge in [-0.3, -0.25) is 0 Å². The Balaban J connectivity index is 0.00000264. The van der Waals surface area contributed by atoms with Gasteiger partial charge in [0, 0.05) is 11.1 Å². The summed E-state index contributed by atoms with van der Waals surface area (Å²) >= 11 is 0. The first kappa shape index (κ1) is 20.5. The van der Waals surface area contributed by atoms with Crippen molar-refractivity contribution in [2.24, 2.45) is 0 Å². The van der Waals surface area contributed by atoms with E-state index in [1.165, 1.54) is 6.07 Å². The fourth-order valence-corrected chi connectivity index (χ4v) is 3.35. The van der Waals surface area contributed by atoms with Crippen LogP contribution in [-0.2, 0) is 16.5 Å². The molecule has 23 heavy (non-hydrogen) atoms. The Bertz CT molecular complexity index is 754. The minimum atomic E-state index is -4.52. The summed E-state index contributed by atoms with van der Waals surface area (Å²) in [4.78, 5) is -0.161. The van der Waals surface area contributed by atoms with Crippen molar-refractivity contribution in [1.82, 2.24) is 0 Å².